The molecule has 0 amide bonds. The molecule has 0 aliphatic carbocycles. The standard InChI is InChI=1S/C18H18BN3O3/c1-13-17(20-12-14-8-10-15(11-9-14)19(24)25)18(23)22(21(13)2)16-6-4-3-5-7-16/h3-12,24-25H,1-2H3. The minimum atomic E-state index is -1.50. The summed E-state index contributed by atoms with van der Waals surface area (Å²) in [5, 5.41) is 18.2. The van der Waals surface area contributed by atoms with Gasteiger partial charge in [-0.25, -0.2) is 9.67 Å². The Hall–Kier alpha value is -2.90. The maximum atomic E-state index is 12.7. The Morgan fingerprint density at radius 3 is 2.28 bits per heavy atom. The Morgan fingerprint density at radius 1 is 1.04 bits per heavy atom. The van der Waals surface area contributed by atoms with Crippen molar-refractivity contribution in [2.45, 2.75) is 6.92 Å². The summed E-state index contributed by atoms with van der Waals surface area (Å²) in [5.41, 5.74) is 2.88. The van der Waals surface area contributed by atoms with Gasteiger partial charge in [-0.15, -0.1) is 0 Å². The van der Waals surface area contributed by atoms with E-state index in [2.05, 4.69) is 4.99 Å². The highest BCUT2D eigenvalue weighted by Crippen LogP contribution is 2.16. The Bertz CT molecular complexity index is 958. The van der Waals surface area contributed by atoms with Gasteiger partial charge in [-0.1, -0.05) is 42.5 Å². The quantitative estimate of drug-likeness (QED) is 0.550. The van der Waals surface area contributed by atoms with E-state index in [1.54, 1.807) is 39.8 Å². The number of rotatable bonds is 4. The number of aliphatic imine (C=N–C) groups is 1. The average molecular weight is 335 g/mol. The molecular weight excluding hydrogens is 317 g/mol. The number of aromatic nitrogens is 2. The zero-order chi connectivity index (χ0) is 18.0. The lowest BCUT2D eigenvalue weighted by Crippen LogP contribution is -2.29. The lowest BCUT2D eigenvalue weighted by atomic mass is 9.80. The fourth-order valence-electron chi connectivity index (χ4n) is 2.60. The second-order valence-corrected chi connectivity index (χ2v) is 5.71. The molecule has 1 aromatic heterocycles. The molecule has 0 saturated heterocycles. The molecule has 0 saturated carbocycles. The molecule has 0 radical (unpaired) electrons. The smallest absolute Gasteiger partial charge is 0.423 e. The molecule has 3 aromatic rings. The molecule has 7 heteroatoms. The second-order valence-electron chi connectivity index (χ2n) is 5.71. The third-order valence-electron chi connectivity index (χ3n) is 4.10. The van der Waals surface area contributed by atoms with Crippen LogP contribution in [0.25, 0.3) is 5.69 Å². The van der Waals surface area contributed by atoms with Crippen molar-refractivity contribution in [2.24, 2.45) is 12.0 Å². The van der Waals surface area contributed by atoms with E-state index in [-0.39, 0.29) is 5.56 Å². The highest BCUT2D eigenvalue weighted by molar-refractivity contribution is 6.58. The molecule has 3 rings (SSSR count). The molecule has 6 nitrogen and oxygen atoms in total. The first-order valence-corrected chi connectivity index (χ1v) is 7.83. The van der Waals surface area contributed by atoms with Crippen LogP contribution in [0.5, 0.6) is 0 Å². The van der Waals surface area contributed by atoms with Gasteiger partial charge in [-0.05, 0) is 30.1 Å². The summed E-state index contributed by atoms with van der Waals surface area (Å²) in [6, 6.07) is 16.0. The van der Waals surface area contributed by atoms with E-state index in [4.69, 9.17) is 10.0 Å². The van der Waals surface area contributed by atoms with Gasteiger partial charge in [0, 0.05) is 13.3 Å². The molecule has 0 spiro atoms. The fraction of sp³-hybridized carbons (Fsp3) is 0.111. The number of nitrogens with zero attached hydrogens (tertiary/aromatic N) is 3. The lowest BCUT2D eigenvalue weighted by molar-refractivity contribution is 0.426. The molecule has 0 fully saturated rings. The number of hydrogen-bond donors (Lipinski definition) is 2. The molecule has 2 aromatic carbocycles. The van der Waals surface area contributed by atoms with E-state index >= 15 is 0 Å². The van der Waals surface area contributed by atoms with Crippen molar-refractivity contribution in [3.8, 4) is 5.69 Å². The number of para-hydroxylation sites is 1. The van der Waals surface area contributed by atoms with E-state index in [0.29, 0.717) is 11.2 Å². The van der Waals surface area contributed by atoms with E-state index in [9.17, 15) is 4.79 Å². The molecule has 1 heterocycles. The largest absolute Gasteiger partial charge is 0.488 e. The topological polar surface area (TPSA) is 79.8 Å². The van der Waals surface area contributed by atoms with Crippen molar-refractivity contribution in [1.82, 2.24) is 9.36 Å². The average Bonchev–Trinajstić information content (AvgIpc) is 2.83. The molecule has 0 atom stereocenters. The van der Waals surface area contributed by atoms with Crippen molar-refractivity contribution in [3.63, 3.8) is 0 Å². The third-order valence-corrected chi connectivity index (χ3v) is 4.10. The van der Waals surface area contributed by atoms with Gasteiger partial charge in [0.25, 0.3) is 5.56 Å². The minimum Gasteiger partial charge on any atom is -0.423 e. The van der Waals surface area contributed by atoms with Crippen LogP contribution in [0, 0.1) is 6.92 Å². The first kappa shape index (κ1) is 16.9. The van der Waals surface area contributed by atoms with Crippen LogP contribution in [0.3, 0.4) is 0 Å². The zero-order valence-corrected chi connectivity index (χ0v) is 14.0. The molecule has 2 N–H and O–H groups in total. The van der Waals surface area contributed by atoms with E-state index in [1.165, 1.54) is 0 Å². The fourth-order valence-corrected chi connectivity index (χ4v) is 2.60. The summed E-state index contributed by atoms with van der Waals surface area (Å²) in [4.78, 5) is 17.1. The van der Waals surface area contributed by atoms with Crippen molar-refractivity contribution < 1.29 is 10.0 Å². The van der Waals surface area contributed by atoms with Crippen LogP contribution in [-0.4, -0.2) is 32.7 Å². The van der Waals surface area contributed by atoms with Crippen LogP contribution in [-0.2, 0) is 7.05 Å². The van der Waals surface area contributed by atoms with Gasteiger partial charge in [0.05, 0.1) is 11.4 Å². The SMILES string of the molecule is Cc1c(N=Cc2ccc(B(O)O)cc2)c(=O)n(-c2ccccc2)n1C. The monoisotopic (exact) mass is 335 g/mol. The zero-order valence-electron chi connectivity index (χ0n) is 14.0. The first-order chi connectivity index (χ1) is 12.0. The molecular formula is C18H18BN3O3. The van der Waals surface area contributed by atoms with Gasteiger partial charge in [-0.2, -0.15) is 0 Å². The van der Waals surface area contributed by atoms with Gasteiger partial charge in [-0.3, -0.25) is 9.48 Å². The highest BCUT2D eigenvalue weighted by atomic mass is 16.4. The van der Waals surface area contributed by atoms with Gasteiger partial charge in [0.2, 0.25) is 0 Å². The molecule has 0 unspecified atom stereocenters. The van der Waals surface area contributed by atoms with Crippen LogP contribution in [0.15, 0.2) is 64.4 Å². The van der Waals surface area contributed by atoms with E-state index < -0.39 is 7.12 Å². The molecule has 0 aliphatic rings. The Labute approximate surface area is 145 Å². The van der Waals surface area contributed by atoms with Gasteiger partial charge < -0.3 is 10.0 Å². The summed E-state index contributed by atoms with van der Waals surface area (Å²) in [6.07, 6.45) is 1.59. The summed E-state index contributed by atoms with van der Waals surface area (Å²) in [5.74, 6) is 0. The van der Waals surface area contributed by atoms with E-state index in [0.717, 1.165) is 16.9 Å². The lowest BCUT2D eigenvalue weighted by Gasteiger charge is -2.07. The Morgan fingerprint density at radius 2 is 1.68 bits per heavy atom. The second kappa shape index (κ2) is 6.92. The van der Waals surface area contributed by atoms with Crippen molar-refractivity contribution in [3.05, 3.63) is 76.2 Å². The maximum absolute atomic E-state index is 12.7. The molecule has 0 bridgehead atoms. The van der Waals surface area contributed by atoms with Crippen LogP contribution in [0.1, 0.15) is 11.3 Å². The Balaban J connectivity index is 1.97. The van der Waals surface area contributed by atoms with Crippen molar-refractivity contribution in [1.29, 1.82) is 0 Å². The maximum Gasteiger partial charge on any atom is 0.488 e. The van der Waals surface area contributed by atoms with Crippen LogP contribution >= 0.6 is 0 Å². The van der Waals surface area contributed by atoms with Crippen molar-refractivity contribution >= 4 is 24.5 Å². The normalized spacial score (nSPS) is 11.2. The first-order valence-electron chi connectivity index (χ1n) is 7.83. The summed E-state index contributed by atoms with van der Waals surface area (Å²) in [7, 11) is 0.320. The summed E-state index contributed by atoms with van der Waals surface area (Å²) < 4.78 is 3.35. The van der Waals surface area contributed by atoms with Crippen LogP contribution in [0.4, 0.5) is 5.69 Å². The number of benzene rings is 2. The highest BCUT2D eigenvalue weighted by Gasteiger charge is 2.15. The number of hydrogen-bond acceptors (Lipinski definition) is 4. The van der Waals surface area contributed by atoms with Crippen LogP contribution < -0.4 is 11.0 Å². The molecule has 25 heavy (non-hydrogen) atoms. The molecule has 126 valence electrons. The third kappa shape index (κ3) is 3.33. The predicted octanol–water partition coefficient (Wildman–Crippen LogP) is 0.915. The van der Waals surface area contributed by atoms with E-state index in [1.807, 2.05) is 44.3 Å². The summed E-state index contributed by atoms with van der Waals surface area (Å²) >= 11 is 0. The van der Waals surface area contributed by atoms with Crippen LogP contribution in [0.2, 0.25) is 0 Å². The van der Waals surface area contributed by atoms with Gasteiger partial charge >= 0.3 is 7.12 Å². The van der Waals surface area contributed by atoms with Gasteiger partial charge in [0.15, 0.2) is 5.69 Å². The Kier molecular flexibility index (Phi) is 4.69. The van der Waals surface area contributed by atoms with Gasteiger partial charge in [0.1, 0.15) is 0 Å². The predicted molar refractivity (Wildman–Crippen MR) is 99.3 cm³/mol. The minimum absolute atomic E-state index is 0.190. The summed E-state index contributed by atoms with van der Waals surface area (Å²) in [6.45, 7) is 1.85. The van der Waals surface area contributed by atoms with Crippen molar-refractivity contribution in [2.75, 3.05) is 0 Å². The molecule has 0 aliphatic heterocycles.